The Labute approximate surface area is 139 Å². The minimum absolute atomic E-state index is 0.222. The Morgan fingerprint density at radius 3 is 2.52 bits per heavy atom. The molecule has 1 atom stereocenters. The molecule has 1 aromatic heterocycles. The van der Waals surface area contributed by atoms with Crippen LogP contribution >= 0.6 is 11.6 Å². The van der Waals surface area contributed by atoms with E-state index in [0.717, 1.165) is 17.0 Å². The van der Waals surface area contributed by atoms with Gasteiger partial charge in [-0.3, -0.25) is 4.68 Å². The van der Waals surface area contributed by atoms with E-state index in [2.05, 4.69) is 5.10 Å². The van der Waals surface area contributed by atoms with Crippen molar-refractivity contribution >= 4 is 11.6 Å². The van der Waals surface area contributed by atoms with Crippen molar-refractivity contribution in [1.29, 1.82) is 0 Å². The van der Waals surface area contributed by atoms with E-state index in [9.17, 15) is 5.11 Å². The van der Waals surface area contributed by atoms with E-state index < -0.39 is 6.10 Å². The Kier molecular flexibility index (Phi) is 4.95. The molecule has 23 heavy (non-hydrogen) atoms. The van der Waals surface area contributed by atoms with Crippen LogP contribution in [0.1, 0.15) is 0 Å². The van der Waals surface area contributed by atoms with Gasteiger partial charge in [0.2, 0.25) is 0 Å². The second kappa shape index (κ2) is 7.31. The van der Waals surface area contributed by atoms with Gasteiger partial charge in [-0.05, 0) is 30.3 Å². The standard InChI is InChI=1S/C18H17ClN2O2/c19-15-8-6-14(7-9-15)18-10-11-21(20-18)12-16(22)13-23-17-4-2-1-3-5-17/h1-11,16,22H,12-13H2. The molecule has 4 nitrogen and oxygen atoms in total. The highest BCUT2D eigenvalue weighted by Gasteiger charge is 2.09. The zero-order valence-electron chi connectivity index (χ0n) is 12.5. The van der Waals surface area contributed by atoms with Crippen molar-refractivity contribution < 1.29 is 9.84 Å². The van der Waals surface area contributed by atoms with Gasteiger partial charge in [-0.1, -0.05) is 41.9 Å². The predicted octanol–water partition coefficient (Wildman–Crippen LogP) is 3.64. The van der Waals surface area contributed by atoms with Crippen LogP contribution in [-0.4, -0.2) is 27.6 Å². The third-order valence-corrected chi connectivity index (χ3v) is 3.62. The van der Waals surface area contributed by atoms with Gasteiger partial charge in [-0.15, -0.1) is 0 Å². The molecule has 0 aliphatic rings. The van der Waals surface area contributed by atoms with Crippen LogP contribution in [0.15, 0.2) is 66.9 Å². The number of ether oxygens (including phenoxy) is 1. The topological polar surface area (TPSA) is 47.3 Å². The lowest BCUT2D eigenvalue weighted by molar-refractivity contribution is 0.0894. The molecule has 3 aromatic rings. The van der Waals surface area contributed by atoms with E-state index in [0.29, 0.717) is 11.6 Å². The van der Waals surface area contributed by atoms with Crippen LogP contribution in [-0.2, 0) is 6.54 Å². The summed E-state index contributed by atoms with van der Waals surface area (Å²) < 4.78 is 7.25. The van der Waals surface area contributed by atoms with Crippen molar-refractivity contribution in [1.82, 2.24) is 9.78 Å². The van der Waals surface area contributed by atoms with E-state index in [1.54, 1.807) is 4.68 Å². The average Bonchev–Trinajstić information content (AvgIpc) is 3.03. The molecule has 1 N–H and O–H groups in total. The second-order valence-electron chi connectivity index (χ2n) is 5.21. The minimum Gasteiger partial charge on any atom is -0.491 e. The van der Waals surface area contributed by atoms with Gasteiger partial charge in [0.15, 0.2) is 0 Å². The molecule has 0 amide bonds. The fraction of sp³-hybridized carbons (Fsp3) is 0.167. The van der Waals surface area contributed by atoms with Crippen LogP contribution in [0, 0.1) is 0 Å². The Morgan fingerprint density at radius 2 is 1.78 bits per heavy atom. The lowest BCUT2D eigenvalue weighted by atomic mass is 10.2. The highest BCUT2D eigenvalue weighted by Crippen LogP contribution is 2.19. The van der Waals surface area contributed by atoms with E-state index in [1.807, 2.05) is 66.9 Å². The minimum atomic E-state index is -0.631. The van der Waals surface area contributed by atoms with Crippen LogP contribution in [0.2, 0.25) is 5.02 Å². The van der Waals surface area contributed by atoms with Gasteiger partial charge in [0.05, 0.1) is 12.2 Å². The van der Waals surface area contributed by atoms with Crippen LogP contribution in [0.5, 0.6) is 5.75 Å². The number of halogens is 1. The molecule has 1 heterocycles. The van der Waals surface area contributed by atoms with Crippen molar-refractivity contribution in [3.63, 3.8) is 0 Å². The molecule has 1 unspecified atom stereocenters. The summed E-state index contributed by atoms with van der Waals surface area (Å²) in [5, 5.41) is 15.2. The Hall–Kier alpha value is -2.30. The Balaban J connectivity index is 1.57. The number of aromatic nitrogens is 2. The first kappa shape index (κ1) is 15.6. The molecule has 0 spiro atoms. The molecule has 2 aromatic carbocycles. The van der Waals surface area contributed by atoms with Gasteiger partial charge in [0.25, 0.3) is 0 Å². The first-order valence-electron chi connectivity index (χ1n) is 7.36. The maximum atomic E-state index is 10.1. The van der Waals surface area contributed by atoms with Gasteiger partial charge in [0, 0.05) is 16.8 Å². The first-order valence-corrected chi connectivity index (χ1v) is 7.74. The normalized spacial score (nSPS) is 12.1. The molecule has 0 aliphatic heterocycles. The van der Waals surface area contributed by atoms with Gasteiger partial charge >= 0.3 is 0 Å². The van der Waals surface area contributed by atoms with Crippen LogP contribution in [0.25, 0.3) is 11.3 Å². The summed E-state index contributed by atoms with van der Waals surface area (Å²) in [4.78, 5) is 0. The fourth-order valence-electron chi connectivity index (χ4n) is 2.22. The zero-order chi connectivity index (χ0) is 16.1. The molecular formula is C18H17ClN2O2. The van der Waals surface area contributed by atoms with Crippen molar-refractivity contribution in [3.05, 3.63) is 71.9 Å². The van der Waals surface area contributed by atoms with Gasteiger partial charge in [0.1, 0.15) is 18.5 Å². The van der Waals surface area contributed by atoms with Gasteiger partial charge < -0.3 is 9.84 Å². The number of hydrogen-bond donors (Lipinski definition) is 1. The molecule has 118 valence electrons. The molecule has 0 bridgehead atoms. The third-order valence-electron chi connectivity index (χ3n) is 3.36. The second-order valence-corrected chi connectivity index (χ2v) is 5.64. The smallest absolute Gasteiger partial charge is 0.119 e. The van der Waals surface area contributed by atoms with Crippen LogP contribution in [0.4, 0.5) is 0 Å². The van der Waals surface area contributed by atoms with Crippen LogP contribution < -0.4 is 4.74 Å². The highest BCUT2D eigenvalue weighted by molar-refractivity contribution is 6.30. The van der Waals surface area contributed by atoms with Crippen molar-refractivity contribution in [2.45, 2.75) is 12.6 Å². The summed E-state index contributed by atoms with van der Waals surface area (Å²) >= 11 is 5.89. The van der Waals surface area contributed by atoms with Crippen molar-refractivity contribution in [3.8, 4) is 17.0 Å². The monoisotopic (exact) mass is 328 g/mol. The molecule has 0 saturated carbocycles. The average molecular weight is 329 g/mol. The number of para-hydroxylation sites is 1. The number of nitrogens with zero attached hydrogens (tertiary/aromatic N) is 2. The van der Waals surface area contributed by atoms with Crippen LogP contribution in [0.3, 0.4) is 0 Å². The maximum Gasteiger partial charge on any atom is 0.119 e. The quantitative estimate of drug-likeness (QED) is 0.751. The van der Waals surface area contributed by atoms with Crippen molar-refractivity contribution in [2.24, 2.45) is 0 Å². The molecule has 0 aliphatic carbocycles. The number of hydrogen-bond acceptors (Lipinski definition) is 3. The lowest BCUT2D eigenvalue weighted by Crippen LogP contribution is -2.23. The molecule has 0 fully saturated rings. The molecular weight excluding hydrogens is 312 g/mol. The fourth-order valence-corrected chi connectivity index (χ4v) is 2.34. The third kappa shape index (κ3) is 4.34. The maximum absolute atomic E-state index is 10.1. The lowest BCUT2D eigenvalue weighted by Gasteiger charge is -2.12. The Morgan fingerprint density at radius 1 is 1.04 bits per heavy atom. The number of rotatable bonds is 6. The van der Waals surface area contributed by atoms with Crippen molar-refractivity contribution in [2.75, 3.05) is 6.61 Å². The number of aliphatic hydroxyl groups is 1. The predicted molar refractivity (Wildman–Crippen MR) is 90.6 cm³/mol. The first-order chi connectivity index (χ1) is 11.2. The summed E-state index contributed by atoms with van der Waals surface area (Å²) in [7, 11) is 0. The van der Waals surface area contributed by atoms with E-state index in [1.165, 1.54) is 0 Å². The number of benzene rings is 2. The Bertz CT molecular complexity index is 741. The van der Waals surface area contributed by atoms with E-state index in [-0.39, 0.29) is 6.61 Å². The highest BCUT2D eigenvalue weighted by atomic mass is 35.5. The number of aliphatic hydroxyl groups excluding tert-OH is 1. The summed E-state index contributed by atoms with van der Waals surface area (Å²) in [6.45, 7) is 0.598. The molecule has 0 saturated heterocycles. The molecule has 5 heteroatoms. The van der Waals surface area contributed by atoms with Gasteiger partial charge in [-0.25, -0.2) is 0 Å². The molecule has 3 rings (SSSR count). The zero-order valence-corrected chi connectivity index (χ0v) is 13.2. The largest absolute Gasteiger partial charge is 0.491 e. The van der Waals surface area contributed by atoms with E-state index in [4.69, 9.17) is 16.3 Å². The van der Waals surface area contributed by atoms with E-state index >= 15 is 0 Å². The SMILES string of the molecule is OC(COc1ccccc1)Cn1ccc(-c2ccc(Cl)cc2)n1. The summed E-state index contributed by atoms with van der Waals surface area (Å²) in [6.07, 6.45) is 1.21. The summed E-state index contributed by atoms with van der Waals surface area (Å²) in [5.74, 6) is 0.744. The molecule has 0 radical (unpaired) electrons. The van der Waals surface area contributed by atoms with Gasteiger partial charge in [-0.2, -0.15) is 5.10 Å². The summed E-state index contributed by atoms with van der Waals surface area (Å²) in [6, 6.07) is 18.9. The summed E-state index contributed by atoms with van der Waals surface area (Å²) in [5.41, 5.74) is 1.83.